The summed E-state index contributed by atoms with van der Waals surface area (Å²) in [6.07, 6.45) is 1.30. The number of carbonyl (C=O) groups is 2. The Labute approximate surface area is 125 Å². The van der Waals surface area contributed by atoms with Crippen LogP contribution >= 0.6 is 0 Å². The zero-order valence-corrected chi connectivity index (χ0v) is 12.8. The molecule has 1 aromatic rings. The fraction of sp³-hybridized carbons (Fsp3) is 0.467. The molecule has 1 rings (SSSR count). The molecular weight excluding hydrogens is 270 g/mol. The highest BCUT2D eigenvalue weighted by molar-refractivity contribution is 5.96. The zero-order chi connectivity index (χ0) is 15.8. The average molecular weight is 293 g/mol. The number of hydrogen-bond acceptors (Lipinski definition) is 4. The molecule has 0 aromatic heterocycles. The molecule has 21 heavy (non-hydrogen) atoms. The van der Waals surface area contributed by atoms with Gasteiger partial charge in [-0.05, 0) is 37.1 Å². The SMILES string of the molecule is COCCCC(N)C(=O)Nc1ccc(C(=O)N(C)C)cc1. The average Bonchev–Trinajstić information content (AvgIpc) is 2.47. The third-order valence-corrected chi connectivity index (χ3v) is 3.01. The van der Waals surface area contributed by atoms with Crippen molar-refractivity contribution in [2.45, 2.75) is 18.9 Å². The summed E-state index contributed by atoms with van der Waals surface area (Å²) in [6, 6.07) is 6.17. The lowest BCUT2D eigenvalue weighted by atomic mass is 10.1. The monoisotopic (exact) mass is 293 g/mol. The second-order valence-corrected chi connectivity index (χ2v) is 5.01. The van der Waals surface area contributed by atoms with Gasteiger partial charge in [0.25, 0.3) is 5.91 Å². The molecule has 116 valence electrons. The molecule has 6 nitrogen and oxygen atoms in total. The lowest BCUT2D eigenvalue weighted by Gasteiger charge is -2.13. The number of ether oxygens (including phenoxy) is 1. The van der Waals surface area contributed by atoms with E-state index in [-0.39, 0.29) is 11.8 Å². The number of rotatable bonds is 7. The van der Waals surface area contributed by atoms with Gasteiger partial charge in [-0.25, -0.2) is 0 Å². The third-order valence-electron chi connectivity index (χ3n) is 3.01. The van der Waals surface area contributed by atoms with Crippen LogP contribution in [0.5, 0.6) is 0 Å². The molecular formula is C15H23N3O3. The largest absolute Gasteiger partial charge is 0.385 e. The van der Waals surface area contributed by atoms with Gasteiger partial charge >= 0.3 is 0 Å². The van der Waals surface area contributed by atoms with Crippen molar-refractivity contribution in [2.24, 2.45) is 5.73 Å². The molecule has 2 amide bonds. The smallest absolute Gasteiger partial charge is 0.253 e. The first-order valence-corrected chi connectivity index (χ1v) is 6.82. The van der Waals surface area contributed by atoms with E-state index in [1.807, 2.05) is 0 Å². The van der Waals surface area contributed by atoms with Crippen LogP contribution in [0.15, 0.2) is 24.3 Å². The van der Waals surface area contributed by atoms with Crippen LogP contribution in [0.3, 0.4) is 0 Å². The topological polar surface area (TPSA) is 84.7 Å². The fourth-order valence-electron chi connectivity index (χ4n) is 1.77. The summed E-state index contributed by atoms with van der Waals surface area (Å²) in [4.78, 5) is 25.1. The predicted octanol–water partition coefficient (Wildman–Crippen LogP) is 1.08. The van der Waals surface area contributed by atoms with Gasteiger partial charge in [-0.2, -0.15) is 0 Å². The molecule has 1 atom stereocenters. The van der Waals surface area contributed by atoms with Gasteiger partial charge in [0.15, 0.2) is 0 Å². The highest BCUT2D eigenvalue weighted by Gasteiger charge is 2.13. The molecule has 0 radical (unpaired) electrons. The van der Waals surface area contributed by atoms with E-state index in [0.29, 0.717) is 24.3 Å². The number of nitrogens with one attached hydrogen (secondary N) is 1. The number of benzene rings is 1. The molecule has 0 spiro atoms. The summed E-state index contributed by atoms with van der Waals surface area (Å²) >= 11 is 0. The summed E-state index contributed by atoms with van der Waals surface area (Å²) < 4.78 is 4.92. The summed E-state index contributed by atoms with van der Waals surface area (Å²) in [6.45, 7) is 0.586. The summed E-state index contributed by atoms with van der Waals surface area (Å²) in [7, 11) is 5.00. The first-order chi connectivity index (χ1) is 9.95. The Hall–Kier alpha value is -1.92. The Bertz CT molecular complexity index is 472. The van der Waals surface area contributed by atoms with Crippen molar-refractivity contribution in [1.29, 1.82) is 0 Å². The van der Waals surface area contributed by atoms with E-state index >= 15 is 0 Å². The molecule has 6 heteroatoms. The highest BCUT2D eigenvalue weighted by Crippen LogP contribution is 2.11. The maximum Gasteiger partial charge on any atom is 0.253 e. The van der Waals surface area contributed by atoms with Crippen LogP contribution in [0, 0.1) is 0 Å². The summed E-state index contributed by atoms with van der Waals surface area (Å²) in [5.74, 6) is -0.318. The number of nitrogens with zero attached hydrogens (tertiary/aromatic N) is 1. The van der Waals surface area contributed by atoms with Gasteiger partial charge in [-0.1, -0.05) is 0 Å². The second kappa shape index (κ2) is 8.39. The Morgan fingerprint density at radius 1 is 1.29 bits per heavy atom. The van der Waals surface area contributed by atoms with E-state index in [4.69, 9.17) is 10.5 Å². The van der Waals surface area contributed by atoms with E-state index in [0.717, 1.165) is 6.42 Å². The van der Waals surface area contributed by atoms with E-state index < -0.39 is 6.04 Å². The minimum Gasteiger partial charge on any atom is -0.385 e. The van der Waals surface area contributed by atoms with E-state index in [2.05, 4.69) is 5.32 Å². The van der Waals surface area contributed by atoms with Crippen molar-refractivity contribution in [3.05, 3.63) is 29.8 Å². The van der Waals surface area contributed by atoms with E-state index in [1.54, 1.807) is 45.5 Å². The molecule has 1 aromatic carbocycles. The van der Waals surface area contributed by atoms with Crippen LogP contribution in [0.25, 0.3) is 0 Å². The number of anilines is 1. The van der Waals surface area contributed by atoms with Crippen LogP contribution in [0.4, 0.5) is 5.69 Å². The van der Waals surface area contributed by atoms with Crippen molar-refractivity contribution in [3.63, 3.8) is 0 Å². The first kappa shape index (κ1) is 17.1. The van der Waals surface area contributed by atoms with E-state index in [1.165, 1.54) is 4.90 Å². The second-order valence-electron chi connectivity index (χ2n) is 5.01. The van der Waals surface area contributed by atoms with Gasteiger partial charge in [0.1, 0.15) is 0 Å². The molecule has 1 unspecified atom stereocenters. The van der Waals surface area contributed by atoms with Crippen molar-refractivity contribution < 1.29 is 14.3 Å². The minimum absolute atomic E-state index is 0.0795. The standard InChI is InChI=1S/C15H23N3O3/c1-18(2)15(20)11-6-8-12(9-7-11)17-14(19)13(16)5-4-10-21-3/h6-9,13H,4-5,10,16H2,1-3H3,(H,17,19). The molecule has 0 saturated heterocycles. The summed E-state index contributed by atoms with van der Waals surface area (Å²) in [5, 5.41) is 2.73. The van der Waals surface area contributed by atoms with Crippen LogP contribution in [0.2, 0.25) is 0 Å². The van der Waals surface area contributed by atoms with Crippen LogP contribution in [0.1, 0.15) is 23.2 Å². The van der Waals surface area contributed by atoms with Crippen LogP contribution in [-0.2, 0) is 9.53 Å². The van der Waals surface area contributed by atoms with Gasteiger partial charge < -0.3 is 20.7 Å². The van der Waals surface area contributed by atoms with Gasteiger partial charge in [-0.3, -0.25) is 9.59 Å². The third kappa shape index (κ3) is 5.53. The molecule has 0 heterocycles. The number of methoxy groups -OCH3 is 1. The van der Waals surface area contributed by atoms with Crippen LogP contribution in [-0.4, -0.2) is 50.6 Å². The lowest BCUT2D eigenvalue weighted by Crippen LogP contribution is -2.35. The van der Waals surface area contributed by atoms with Crippen LogP contribution < -0.4 is 11.1 Å². The maximum atomic E-state index is 11.9. The normalized spacial score (nSPS) is 11.8. The van der Waals surface area contributed by atoms with Crippen molar-refractivity contribution in [3.8, 4) is 0 Å². The number of carbonyl (C=O) groups excluding carboxylic acids is 2. The van der Waals surface area contributed by atoms with Crippen molar-refractivity contribution in [1.82, 2.24) is 4.90 Å². The Balaban J connectivity index is 2.55. The van der Waals surface area contributed by atoms with Crippen molar-refractivity contribution in [2.75, 3.05) is 33.1 Å². The Morgan fingerprint density at radius 2 is 1.90 bits per heavy atom. The number of hydrogen-bond donors (Lipinski definition) is 2. The number of amides is 2. The Morgan fingerprint density at radius 3 is 2.43 bits per heavy atom. The molecule has 3 N–H and O–H groups in total. The lowest BCUT2D eigenvalue weighted by molar-refractivity contribution is -0.117. The summed E-state index contributed by atoms with van der Waals surface area (Å²) in [5.41, 5.74) is 6.99. The highest BCUT2D eigenvalue weighted by atomic mass is 16.5. The van der Waals surface area contributed by atoms with Crippen molar-refractivity contribution >= 4 is 17.5 Å². The quantitative estimate of drug-likeness (QED) is 0.737. The predicted molar refractivity (Wildman–Crippen MR) is 82.2 cm³/mol. The first-order valence-electron chi connectivity index (χ1n) is 6.82. The van der Waals surface area contributed by atoms with Gasteiger partial charge in [-0.15, -0.1) is 0 Å². The molecule has 0 aliphatic carbocycles. The molecule has 0 bridgehead atoms. The Kier molecular flexibility index (Phi) is 6.84. The molecule has 0 fully saturated rings. The fourth-order valence-corrected chi connectivity index (χ4v) is 1.77. The van der Waals surface area contributed by atoms with Gasteiger partial charge in [0, 0.05) is 39.1 Å². The maximum absolute atomic E-state index is 11.9. The minimum atomic E-state index is -0.566. The molecule has 0 saturated carbocycles. The van der Waals surface area contributed by atoms with Gasteiger partial charge in [0.2, 0.25) is 5.91 Å². The zero-order valence-electron chi connectivity index (χ0n) is 12.8. The molecule has 0 aliphatic rings. The molecule has 0 aliphatic heterocycles. The van der Waals surface area contributed by atoms with E-state index in [9.17, 15) is 9.59 Å². The van der Waals surface area contributed by atoms with Gasteiger partial charge in [0.05, 0.1) is 6.04 Å². The number of nitrogens with two attached hydrogens (primary N) is 1.